The van der Waals surface area contributed by atoms with Gasteiger partial charge in [0, 0.05) is 49.3 Å². The zero-order valence-corrected chi connectivity index (χ0v) is 18.9. The number of nitrogens with zero attached hydrogens (tertiary/aromatic N) is 2. The number of likely N-dealkylation sites (tertiary alicyclic amines) is 1. The van der Waals surface area contributed by atoms with Crippen LogP contribution in [0.3, 0.4) is 0 Å². The summed E-state index contributed by atoms with van der Waals surface area (Å²) in [6.07, 6.45) is 6.18. The Morgan fingerprint density at radius 3 is 2.87 bits per heavy atom. The van der Waals surface area contributed by atoms with Gasteiger partial charge in [-0.3, -0.25) is 9.69 Å². The largest absolute Gasteiger partial charge is 0.497 e. The molecule has 1 aromatic heterocycles. The number of nitrogens with one attached hydrogen (secondary N) is 1. The van der Waals surface area contributed by atoms with Crippen molar-refractivity contribution in [2.24, 2.45) is 13.0 Å². The van der Waals surface area contributed by atoms with Gasteiger partial charge in [0.2, 0.25) is 5.91 Å². The van der Waals surface area contributed by atoms with Crippen LogP contribution in [0, 0.1) is 12.8 Å². The number of aromatic nitrogens is 1. The Balaban J connectivity index is 1.30. The number of para-hydroxylation sites is 1. The molecule has 1 amide bonds. The van der Waals surface area contributed by atoms with Crippen molar-refractivity contribution in [2.75, 3.05) is 25.5 Å². The van der Waals surface area contributed by atoms with E-state index in [2.05, 4.69) is 52.3 Å². The van der Waals surface area contributed by atoms with Gasteiger partial charge in [-0.05, 0) is 74.0 Å². The van der Waals surface area contributed by atoms with Crippen LogP contribution in [-0.4, -0.2) is 35.6 Å². The third-order valence-electron chi connectivity index (χ3n) is 6.46. The van der Waals surface area contributed by atoms with Gasteiger partial charge < -0.3 is 14.6 Å². The first-order chi connectivity index (χ1) is 15.0. The molecular formula is C26H33N3O2. The van der Waals surface area contributed by atoms with Crippen LogP contribution in [0.15, 0.2) is 48.7 Å². The summed E-state index contributed by atoms with van der Waals surface area (Å²) in [7, 11) is 3.77. The summed E-state index contributed by atoms with van der Waals surface area (Å²) in [5, 5.41) is 4.41. The summed E-state index contributed by atoms with van der Waals surface area (Å²) in [5.74, 6) is 1.48. The lowest BCUT2D eigenvalue weighted by molar-refractivity contribution is -0.116. The Morgan fingerprint density at radius 2 is 2.06 bits per heavy atom. The van der Waals surface area contributed by atoms with Gasteiger partial charge in [-0.2, -0.15) is 0 Å². The second kappa shape index (κ2) is 9.56. The smallest absolute Gasteiger partial charge is 0.224 e. The van der Waals surface area contributed by atoms with Crippen LogP contribution in [0.25, 0.3) is 10.9 Å². The first-order valence-electron chi connectivity index (χ1n) is 11.2. The summed E-state index contributed by atoms with van der Waals surface area (Å²) >= 11 is 0. The molecule has 5 nitrogen and oxygen atoms in total. The summed E-state index contributed by atoms with van der Waals surface area (Å²) < 4.78 is 7.46. The molecule has 3 aromatic rings. The fourth-order valence-electron chi connectivity index (χ4n) is 4.77. The molecular weight excluding hydrogens is 386 g/mol. The van der Waals surface area contributed by atoms with Crippen LogP contribution in [0.5, 0.6) is 5.75 Å². The summed E-state index contributed by atoms with van der Waals surface area (Å²) in [6, 6.07) is 14.4. The van der Waals surface area contributed by atoms with Gasteiger partial charge >= 0.3 is 0 Å². The van der Waals surface area contributed by atoms with Crippen LogP contribution in [0.1, 0.15) is 36.8 Å². The van der Waals surface area contributed by atoms with E-state index < -0.39 is 0 Å². The van der Waals surface area contributed by atoms with E-state index in [1.54, 1.807) is 7.11 Å². The number of methoxy groups -OCH3 is 1. The number of fused-ring (bicyclic) bond motifs is 1. The van der Waals surface area contributed by atoms with E-state index in [-0.39, 0.29) is 5.91 Å². The van der Waals surface area contributed by atoms with Gasteiger partial charge in [0.15, 0.2) is 0 Å². The second-order valence-electron chi connectivity index (χ2n) is 8.79. The number of ether oxygens (including phenoxy) is 1. The zero-order valence-electron chi connectivity index (χ0n) is 18.9. The van der Waals surface area contributed by atoms with Crippen LogP contribution in [0.2, 0.25) is 0 Å². The Bertz CT molecular complexity index is 1060. The molecule has 1 aliphatic rings. The maximum atomic E-state index is 12.5. The number of carbonyl (C=O) groups excluding carboxylic acids is 1. The fraction of sp³-hybridized carbons (Fsp3) is 0.423. The van der Waals surface area contributed by atoms with Gasteiger partial charge in [0.1, 0.15) is 5.75 Å². The number of hydrogen-bond donors (Lipinski definition) is 1. The molecule has 1 N–H and O–H groups in total. The lowest BCUT2D eigenvalue weighted by atomic mass is 9.93. The standard InChI is InChI=1S/C26H33N3O2/c1-19-15-22(31-3)11-12-24(19)27-26(30)13-10-20-7-6-14-29(16-20)18-21-17-28(2)25-9-5-4-8-23(21)25/h4-5,8-9,11-12,15,17,20H,6-7,10,13-14,16,18H2,1-3H3,(H,27,30)/t20-/m1/s1. The Kier molecular flexibility index (Phi) is 6.62. The van der Waals surface area contributed by atoms with Crippen LogP contribution < -0.4 is 10.1 Å². The number of amides is 1. The lowest BCUT2D eigenvalue weighted by Crippen LogP contribution is -2.35. The molecule has 1 saturated heterocycles. The van der Waals surface area contributed by atoms with Gasteiger partial charge in [0.05, 0.1) is 7.11 Å². The molecule has 0 unspecified atom stereocenters. The van der Waals surface area contributed by atoms with E-state index in [0.717, 1.165) is 43.1 Å². The lowest BCUT2D eigenvalue weighted by Gasteiger charge is -2.32. The summed E-state index contributed by atoms with van der Waals surface area (Å²) in [6.45, 7) is 5.18. The van der Waals surface area contributed by atoms with Crippen molar-refractivity contribution in [2.45, 2.75) is 39.2 Å². The number of hydrogen-bond acceptors (Lipinski definition) is 3. The van der Waals surface area contributed by atoms with Crippen molar-refractivity contribution in [1.82, 2.24) is 9.47 Å². The SMILES string of the molecule is COc1ccc(NC(=O)CC[C@H]2CCCN(Cc3cn(C)c4ccccc34)C2)c(C)c1. The van der Waals surface area contributed by atoms with Crippen LogP contribution in [0.4, 0.5) is 5.69 Å². The first-order valence-corrected chi connectivity index (χ1v) is 11.2. The van der Waals surface area contributed by atoms with Gasteiger partial charge in [0.25, 0.3) is 0 Å². The van der Waals surface area contributed by atoms with Crippen molar-refractivity contribution in [3.8, 4) is 5.75 Å². The highest BCUT2D eigenvalue weighted by molar-refractivity contribution is 5.91. The molecule has 0 radical (unpaired) electrons. The number of piperidine rings is 1. The molecule has 0 saturated carbocycles. The molecule has 0 bridgehead atoms. The van der Waals surface area contributed by atoms with E-state index in [4.69, 9.17) is 4.74 Å². The van der Waals surface area contributed by atoms with Crippen molar-refractivity contribution in [3.05, 3.63) is 59.8 Å². The topological polar surface area (TPSA) is 46.5 Å². The first kappa shape index (κ1) is 21.4. The molecule has 0 aliphatic carbocycles. The Morgan fingerprint density at radius 1 is 1.23 bits per heavy atom. The van der Waals surface area contributed by atoms with Crippen molar-refractivity contribution in [3.63, 3.8) is 0 Å². The molecule has 2 aromatic carbocycles. The molecule has 1 fully saturated rings. The predicted molar refractivity (Wildman–Crippen MR) is 127 cm³/mol. The quantitative estimate of drug-likeness (QED) is 0.578. The van der Waals surface area contributed by atoms with Gasteiger partial charge in [-0.15, -0.1) is 0 Å². The number of benzene rings is 2. The van der Waals surface area contributed by atoms with E-state index in [1.807, 2.05) is 25.1 Å². The molecule has 164 valence electrons. The Labute approximate surface area is 185 Å². The minimum absolute atomic E-state index is 0.0967. The molecule has 2 heterocycles. The highest BCUT2D eigenvalue weighted by Crippen LogP contribution is 2.27. The second-order valence-corrected chi connectivity index (χ2v) is 8.79. The van der Waals surface area contributed by atoms with E-state index in [1.165, 1.54) is 29.3 Å². The molecule has 1 aliphatic heterocycles. The number of carbonyl (C=O) groups is 1. The number of rotatable bonds is 7. The van der Waals surface area contributed by atoms with Gasteiger partial charge in [-0.1, -0.05) is 18.2 Å². The minimum atomic E-state index is 0.0967. The average Bonchev–Trinajstić information content (AvgIpc) is 3.09. The maximum Gasteiger partial charge on any atom is 0.224 e. The summed E-state index contributed by atoms with van der Waals surface area (Å²) in [5.41, 5.74) is 4.57. The highest BCUT2D eigenvalue weighted by atomic mass is 16.5. The average molecular weight is 420 g/mol. The van der Waals surface area contributed by atoms with E-state index >= 15 is 0 Å². The minimum Gasteiger partial charge on any atom is -0.497 e. The molecule has 31 heavy (non-hydrogen) atoms. The van der Waals surface area contributed by atoms with Crippen LogP contribution >= 0.6 is 0 Å². The summed E-state index contributed by atoms with van der Waals surface area (Å²) in [4.78, 5) is 15.1. The molecule has 1 atom stereocenters. The van der Waals surface area contributed by atoms with E-state index in [0.29, 0.717) is 12.3 Å². The normalized spacial score (nSPS) is 17.1. The number of aryl methyl sites for hydroxylation is 2. The van der Waals surface area contributed by atoms with Crippen molar-refractivity contribution in [1.29, 1.82) is 0 Å². The van der Waals surface area contributed by atoms with Crippen molar-refractivity contribution < 1.29 is 9.53 Å². The molecule has 0 spiro atoms. The van der Waals surface area contributed by atoms with Crippen LogP contribution in [-0.2, 0) is 18.4 Å². The predicted octanol–water partition coefficient (Wildman–Crippen LogP) is 5.13. The van der Waals surface area contributed by atoms with Crippen molar-refractivity contribution >= 4 is 22.5 Å². The molecule has 4 rings (SSSR count). The third-order valence-corrected chi connectivity index (χ3v) is 6.46. The zero-order chi connectivity index (χ0) is 21.8. The highest BCUT2D eigenvalue weighted by Gasteiger charge is 2.22. The number of anilines is 1. The van der Waals surface area contributed by atoms with E-state index in [9.17, 15) is 4.79 Å². The monoisotopic (exact) mass is 419 g/mol. The third kappa shape index (κ3) is 5.10. The Hall–Kier alpha value is -2.79. The molecule has 5 heteroatoms. The maximum absolute atomic E-state index is 12.5. The van der Waals surface area contributed by atoms with Gasteiger partial charge in [-0.25, -0.2) is 0 Å². The fourth-order valence-corrected chi connectivity index (χ4v) is 4.77.